The van der Waals surface area contributed by atoms with Crippen molar-refractivity contribution in [3.05, 3.63) is 58.6 Å². The van der Waals surface area contributed by atoms with E-state index in [1.165, 1.54) is 0 Å². The number of nitriles is 1. The summed E-state index contributed by atoms with van der Waals surface area (Å²) in [5.41, 5.74) is 4.07. The number of nitrogens with one attached hydrogen (secondary N) is 2. The molecule has 4 rings (SSSR count). The van der Waals surface area contributed by atoms with Crippen molar-refractivity contribution >= 4 is 17.0 Å². The van der Waals surface area contributed by atoms with Crippen molar-refractivity contribution in [2.24, 2.45) is 0 Å². The van der Waals surface area contributed by atoms with Gasteiger partial charge in [0.2, 0.25) is 0 Å². The average Bonchev–Trinajstić information content (AvgIpc) is 3.04. The van der Waals surface area contributed by atoms with E-state index < -0.39 is 17.9 Å². The number of benzene rings is 2. The average molecular weight is 479 g/mol. The van der Waals surface area contributed by atoms with Gasteiger partial charge < -0.3 is 24.5 Å². The van der Waals surface area contributed by atoms with Crippen molar-refractivity contribution in [2.45, 2.75) is 44.6 Å². The maximum Gasteiger partial charge on any atom is 0.420 e. The zero-order chi connectivity index (χ0) is 24.8. The zero-order valence-electron chi connectivity index (χ0n) is 20.0. The molecule has 1 aromatic heterocycles. The lowest BCUT2D eigenvalue weighted by Crippen LogP contribution is -2.46. The Morgan fingerprint density at radius 3 is 2.80 bits per heavy atom. The van der Waals surface area contributed by atoms with E-state index in [0.29, 0.717) is 37.2 Å². The predicted octanol–water partition coefficient (Wildman–Crippen LogP) is 2.23. The number of fused-ring (bicyclic) bond motifs is 1. The summed E-state index contributed by atoms with van der Waals surface area (Å²) in [6.07, 6.45) is 0.529. The van der Waals surface area contributed by atoms with E-state index in [2.05, 4.69) is 16.7 Å². The van der Waals surface area contributed by atoms with E-state index in [-0.39, 0.29) is 12.0 Å². The summed E-state index contributed by atoms with van der Waals surface area (Å²) in [7, 11) is 1.61. The lowest BCUT2D eigenvalue weighted by molar-refractivity contribution is -0.132. The highest BCUT2D eigenvalue weighted by molar-refractivity contribution is 5.82. The summed E-state index contributed by atoms with van der Waals surface area (Å²) in [6.45, 7) is 4.07. The van der Waals surface area contributed by atoms with Crippen LogP contribution in [0.3, 0.4) is 0 Å². The molecule has 0 saturated carbocycles. The van der Waals surface area contributed by atoms with Crippen LogP contribution in [0.15, 0.2) is 51.7 Å². The molecule has 3 atom stereocenters. The number of rotatable bonds is 8. The normalized spacial score (nSPS) is 17.9. The third kappa shape index (κ3) is 5.98. The van der Waals surface area contributed by atoms with Crippen molar-refractivity contribution in [2.75, 3.05) is 26.8 Å². The molecule has 1 amide bonds. The van der Waals surface area contributed by atoms with Crippen LogP contribution < -0.4 is 16.4 Å². The highest BCUT2D eigenvalue weighted by atomic mass is 16.5. The van der Waals surface area contributed by atoms with Gasteiger partial charge in [0.05, 0.1) is 24.2 Å². The molecule has 1 fully saturated rings. The van der Waals surface area contributed by atoms with Crippen molar-refractivity contribution in [1.82, 2.24) is 15.2 Å². The molecule has 0 radical (unpaired) electrons. The van der Waals surface area contributed by atoms with Crippen molar-refractivity contribution < 1.29 is 18.7 Å². The standard InChI is InChI=1S/C26H30N4O5/c1-17(33-2)16-30-22-13-20(8-9-23(22)35-26(30)32)19-6-4-18(5-7-19)12-21(14-27)29-25(31)24-15-28-10-3-11-34-24/h4-9,13,17,21,24,28H,3,10-12,15-16H2,1-2H3,(H,29,31)/t17-,21-,24-/m0/s1. The quantitative estimate of drug-likeness (QED) is 0.510. The first-order valence-electron chi connectivity index (χ1n) is 11.8. The molecule has 1 aliphatic heterocycles. The minimum atomic E-state index is -0.653. The molecule has 3 aromatic rings. The van der Waals surface area contributed by atoms with Crippen molar-refractivity contribution in [3.63, 3.8) is 0 Å². The van der Waals surface area contributed by atoms with Crippen molar-refractivity contribution in [3.8, 4) is 17.2 Å². The van der Waals surface area contributed by atoms with Crippen LogP contribution in [-0.4, -0.2) is 55.5 Å². The number of hydrogen-bond donors (Lipinski definition) is 2. The third-order valence-corrected chi connectivity index (χ3v) is 6.15. The Balaban J connectivity index is 1.46. The predicted molar refractivity (Wildman–Crippen MR) is 131 cm³/mol. The maximum absolute atomic E-state index is 12.5. The molecule has 2 heterocycles. The smallest absolute Gasteiger partial charge is 0.408 e. The van der Waals surface area contributed by atoms with Crippen molar-refractivity contribution in [1.29, 1.82) is 5.26 Å². The fraction of sp³-hybridized carbons (Fsp3) is 0.423. The van der Waals surface area contributed by atoms with E-state index in [1.807, 2.05) is 43.3 Å². The number of carbonyl (C=O) groups is 1. The van der Waals surface area contributed by atoms with Gasteiger partial charge in [0.1, 0.15) is 12.1 Å². The van der Waals surface area contributed by atoms with Gasteiger partial charge in [-0.05, 0) is 48.7 Å². The first kappa shape index (κ1) is 24.7. The monoisotopic (exact) mass is 478 g/mol. The summed E-state index contributed by atoms with van der Waals surface area (Å²) in [5.74, 6) is -0.684. The van der Waals surface area contributed by atoms with Crippen LogP contribution in [-0.2, 0) is 27.2 Å². The van der Waals surface area contributed by atoms with Crippen LogP contribution in [0, 0.1) is 11.3 Å². The number of carbonyl (C=O) groups excluding carboxylic acids is 1. The van der Waals surface area contributed by atoms with E-state index in [1.54, 1.807) is 17.7 Å². The number of oxazole rings is 1. The van der Waals surface area contributed by atoms with E-state index in [0.717, 1.165) is 29.7 Å². The first-order valence-corrected chi connectivity index (χ1v) is 11.8. The molecule has 2 aromatic carbocycles. The molecular formula is C26H30N4O5. The van der Waals surface area contributed by atoms with Gasteiger partial charge in [-0.3, -0.25) is 9.36 Å². The van der Waals surface area contributed by atoms with E-state index in [4.69, 9.17) is 13.9 Å². The number of methoxy groups -OCH3 is 1. The maximum atomic E-state index is 12.5. The minimum Gasteiger partial charge on any atom is -0.408 e. The van der Waals surface area contributed by atoms with Crippen LogP contribution in [0.1, 0.15) is 18.9 Å². The Labute approximate surface area is 203 Å². The number of aromatic nitrogens is 1. The molecule has 9 nitrogen and oxygen atoms in total. The van der Waals surface area contributed by atoms with Gasteiger partial charge in [-0.1, -0.05) is 30.3 Å². The van der Waals surface area contributed by atoms with Crippen LogP contribution in [0.2, 0.25) is 0 Å². The number of ether oxygens (including phenoxy) is 2. The highest BCUT2D eigenvalue weighted by Crippen LogP contribution is 2.25. The van der Waals surface area contributed by atoms with Crippen LogP contribution >= 0.6 is 0 Å². The minimum absolute atomic E-state index is 0.129. The molecule has 1 saturated heterocycles. The summed E-state index contributed by atoms with van der Waals surface area (Å²) in [4.78, 5) is 24.8. The molecule has 2 N–H and O–H groups in total. The Kier molecular flexibility index (Phi) is 7.98. The molecule has 35 heavy (non-hydrogen) atoms. The van der Waals surface area contributed by atoms with Crippen LogP contribution in [0.5, 0.6) is 0 Å². The lowest BCUT2D eigenvalue weighted by atomic mass is 10.0. The fourth-order valence-electron chi connectivity index (χ4n) is 4.09. The van der Waals surface area contributed by atoms with Gasteiger partial charge >= 0.3 is 5.76 Å². The van der Waals surface area contributed by atoms with Gasteiger partial charge in [0.25, 0.3) is 5.91 Å². The van der Waals surface area contributed by atoms with Gasteiger partial charge in [0, 0.05) is 26.7 Å². The zero-order valence-corrected chi connectivity index (χ0v) is 20.0. The summed E-state index contributed by atoms with van der Waals surface area (Å²) < 4.78 is 17.8. The molecule has 0 spiro atoms. The fourth-order valence-corrected chi connectivity index (χ4v) is 4.09. The molecular weight excluding hydrogens is 448 g/mol. The van der Waals surface area contributed by atoms with Gasteiger partial charge in [-0.15, -0.1) is 0 Å². The van der Waals surface area contributed by atoms with Crippen LogP contribution in [0.25, 0.3) is 22.2 Å². The molecule has 1 aliphatic rings. The second kappa shape index (κ2) is 11.3. The summed E-state index contributed by atoms with van der Waals surface area (Å²) in [6, 6.07) is 14.9. The Morgan fingerprint density at radius 2 is 2.06 bits per heavy atom. The second-order valence-corrected chi connectivity index (χ2v) is 8.72. The largest absolute Gasteiger partial charge is 0.420 e. The first-order chi connectivity index (χ1) is 17.0. The summed E-state index contributed by atoms with van der Waals surface area (Å²) >= 11 is 0. The SMILES string of the molecule is CO[C@@H](C)Cn1c(=O)oc2ccc(-c3ccc(C[C@@H](C#N)NC(=O)[C@@H]4CNCCCO4)cc3)cc21. The molecule has 0 aliphatic carbocycles. The number of amides is 1. The summed E-state index contributed by atoms with van der Waals surface area (Å²) in [5, 5.41) is 15.5. The topological polar surface area (TPSA) is 119 Å². The van der Waals surface area contributed by atoms with E-state index >= 15 is 0 Å². The van der Waals surface area contributed by atoms with E-state index in [9.17, 15) is 14.9 Å². The third-order valence-electron chi connectivity index (χ3n) is 6.15. The van der Waals surface area contributed by atoms with Gasteiger partial charge in [-0.25, -0.2) is 4.79 Å². The highest BCUT2D eigenvalue weighted by Gasteiger charge is 2.23. The van der Waals surface area contributed by atoms with Gasteiger partial charge in [0.15, 0.2) is 5.58 Å². The number of hydrogen-bond acceptors (Lipinski definition) is 7. The van der Waals surface area contributed by atoms with Gasteiger partial charge in [-0.2, -0.15) is 5.26 Å². The Hall–Kier alpha value is -3.45. The van der Waals surface area contributed by atoms with Crippen LogP contribution in [0.4, 0.5) is 0 Å². The number of nitrogens with zero attached hydrogens (tertiary/aromatic N) is 2. The Morgan fingerprint density at radius 1 is 1.29 bits per heavy atom. The molecule has 9 heteroatoms. The lowest BCUT2D eigenvalue weighted by Gasteiger charge is -2.18. The Bertz CT molecular complexity index is 1250. The second-order valence-electron chi connectivity index (χ2n) is 8.72. The molecule has 0 unspecified atom stereocenters. The molecule has 184 valence electrons. The molecule has 0 bridgehead atoms.